The normalized spacial score (nSPS) is 45.0. The number of rotatable bonds is 0. The zero-order valence-electron chi connectivity index (χ0n) is 7.38. The van der Waals surface area contributed by atoms with Gasteiger partial charge in [0.2, 0.25) is 0 Å². The highest BCUT2D eigenvalue weighted by Gasteiger charge is 2.36. The molecular weight excluding hydrogens is 136 g/mol. The van der Waals surface area contributed by atoms with E-state index in [4.69, 9.17) is 0 Å². The average molecular weight is 154 g/mol. The Hall–Kier alpha value is -0.0400. The van der Waals surface area contributed by atoms with Crippen LogP contribution in [-0.2, 0) is 4.74 Å². The summed E-state index contributed by atoms with van der Waals surface area (Å²) in [7, 11) is 0. The van der Waals surface area contributed by atoms with Gasteiger partial charge in [-0.15, -0.1) is 0 Å². The molecule has 2 saturated carbocycles. The van der Waals surface area contributed by atoms with Crippen molar-refractivity contribution in [3.63, 3.8) is 0 Å². The maximum atomic E-state index is 4.50. The molecule has 2 aliphatic carbocycles. The first-order valence-electron chi connectivity index (χ1n) is 4.94. The Bertz CT molecular complexity index is 126. The van der Waals surface area contributed by atoms with Gasteiger partial charge in [0, 0.05) is 0 Å². The molecule has 3 unspecified atom stereocenters. The Labute approximate surface area is 69.1 Å². The highest BCUT2D eigenvalue weighted by atomic mass is 16.6. The second-order valence-electron chi connectivity index (χ2n) is 4.26. The molecule has 1 nitrogen and oxygen atoms in total. The smallest absolute Gasteiger partial charge is 0.0701 e. The fourth-order valence-electron chi connectivity index (χ4n) is 2.56. The lowest BCUT2D eigenvalue weighted by Crippen LogP contribution is -2.04. The number of hydrogen-bond donors (Lipinski definition) is 0. The van der Waals surface area contributed by atoms with Crippen LogP contribution in [0, 0.1) is 17.8 Å². The van der Waals surface area contributed by atoms with Crippen molar-refractivity contribution in [1.82, 2.24) is 0 Å². The summed E-state index contributed by atoms with van der Waals surface area (Å²) in [6, 6.07) is 0. The van der Waals surface area contributed by atoms with Crippen molar-refractivity contribution in [2.24, 2.45) is 17.8 Å². The topological polar surface area (TPSA) is 12.5 Å². The summed E-state index contributed by atoms with van der Waals surface area (Å²) in [5.74, 6) is 3.36. The first-order valence-corrected chi connectivity index (χ1v) is 4.94. The minimum atomic E-state index is 1.00. The third kappa shape index (κ3) is 1.96. The van der Waals surface area contributed by atoms with Gasteiger partial charge < -0.3 is 4.74 Å². The molecule has 3 aliphatic rings. The lowest BCUT2D eigenvalue weighted by molar-refractivity contribution is 0.360. The average Bonchev–Trinajstić information content (AvgIpc) is 2.75. The summed E-state index contributed by atoms with van der Waals surface area (Å²) >= 11 is 0. The first-order chi connectivity index (χ1) is 5.36. The van der Waals surface area contributed by atoms with Crippen molar-refractivity contribution in [3.8, 4) is 0 Å². The van der Waals surface area contributed by atoms with E-state index in [1.54, 1.807) is 25.7 Å². The van der Waals surface area contributed by atoms with E-state index in [2.05, 4.69) is 11.7 Å². The molecule has 64 valence electrons. The van der Waals surface area contributed by atoms with Gasteiger partial charge in [0.1, 0.15) is 0 Å². The predicted molar refractivity (Wildman–Crippen MR) is 45.4 cm³/mol. The van der Waals surface area contributed by atoms with Crippen LogP contribution in [0.1, 0.15) is 32.6 Å². The van der Waals surface area contributed by atoms with Gasteiger partial charge in [-0.05, 0) is 37.0 Å². The van der Waals surface area contributed by atoms with Crippen LogP contribution >= 0.6 is 0 Å². The monoisotopic (exact) mass is 154 g/mol. The van der Waals surface area contributed by atoms with Crippen molar-refractivity contribution < 1.29 is 4.74 Å². The van der Waals surface area contributed by atoms with E-state index in [1.165, 1.54) is 0 Å². The van der Waals surface area contributed by atoms with Crippen molar-refractivity contribution in [2.45, 2.75) is 32.6 Å². The van der Waals surface area contributed by atoms with E-state index in [0.717, 1.165) is 31.0 Å². The van der Waals surface area contributed by atoms with Crippen LogP contribution in [0.15, 0.2) is 0 Å². The third-order valence-electron chi connectivity index (χ3n) is 3.30. The molecule has 0 aromatic carbocycles. The fourth-order valence-corrected chi connectivity index (χ4v) is 2.56. The summed E-state index contributed by atoms with van der Waals surface area (Å²) in [4.78, 5) is 0. The number of epoxide rings is 1. The molecule has 3 fully saturated rings. The Morgan fingerprint density at radius 3 is 2.00 bits per heavy atom. The molecule has 0 amide bonds. The number of hydrogen-bond acceptors (Lipinski definition) is 1. The summed E-state index contributed by atoms with van der Waals surface area (Å²) < 4.78 is 4.50. The Balaban J connectivity index is 0.000000135. The Morgan fingerprint density at radius 1 is 1.09 bits per heavy atom. The Kier molecular flexibility index (Phi) is 2.17. The van der Waals surface area contributed by atoms with Crippen molar-refractivity contribution >= 4 is 0 Å². The molecule has 2 bridgehead atoms. The minimum absolute atomic E-state index is 1.00. The van der Waals surface area contributed by atoms with Crippen molar-refractivity contribution in [1.29, 1.82) is 0 Å². The first kappa shape index (κ1) is 7.60. The minimum Gasteiger partial charge on any atom is -0.377 e. The van der Waals surface area contributed by atoms with Crippen LogP contribution in [-0.4, -0.2) is 13.2 Å². The lowest BCUT2D eigenvalue weighted by Gasteiger charge is -2.15. The molecule has 0 N–H and O–H groups in total. The molecule has 1 heterocycles. The highest BCUT2D eigenvalue weighted by Crippen LogP contribution is 2.47. The molecule has 0 spiro atoms. The van der Waals surface area contributed by atoms with Gasteiger partial charge >= 0.3 is 0 Å². The van der Waals surface area contributed by atoms with E-state index in [1.807, 2.05) is 0 Å². The zero-order chi connectivity index (χ0) is 7.68. The van der Waals surface area contributed by atoms with Gasteiger partial charge in [-0.3, -0.25) is 0 Å². The summed E-state index contributed by atoms with van der Waals surface area (Å²) in [5, 5.41) is 0. The molecule has 11 heavy (non-hydrogen) atoms. The van der Waals surface area contributed by atoms with Crippen molar-refractivity contribution in [3.05, 3.63) is 0 Å². The summed E-state index contributed by atoms with van der Waals surface area (Å²) in [6.07, 6.45) is 6.21. The summed E-state index contributed by atoms with van der Waals surface area (Å²) in [6.45, 7) is 4.42. The quantitative estimate of drug-likeness (QED) is 0.488. The lowest BCUT2D eigenvalue weighted by atomic mass is 9.91. The maximum Gasteiger partial charge on any atom is 0.0701 e. The van der Waals surface area contributed by atoms with E-state index in [0.29, 0.717) is 0 Å². The van der Waals surface area contributed by atoms with Crippen LogP contribution in [0.4, 0.5) is 0 Å². The second-order valence-corrected chi connectivity index (χ2v) is 4.26. The van der Waals surface area contributed by atoms with Crippen molar-refractivity contribution in [2.75, 3.05) is 13.2 Å². The van der Waals surface area contributed by atoms with Gasteiger partial charge in [-0.25, -0.2) is 0 Å². The van der Waals surface area contributed by atoms with E-state index >= 15 is 0 Å². The summed E-state index contributed by atoms with van der Waals surface area (Å²) in [5.41, 5.74) is 0. The standard InChI is InChI=1S/C8H14.C2H4O/c1-6-4-7-2-3-8(6)5-7;1-2-3-1/h6-8H,2-5H2,1H3;1-2H2. The van der Waals surface area contributed by atoms with Gasteiger partial charge in [-0.2, -0.15) is 0 Å². The van der Waals surface area contributed by atoms with Gasteiger partial charge in [0.25, 0.3) is 0 Å². The molecule has 0 aromatic heterocycles. The molecule has 0 radical (unpaired) electrons. The predicted octanol–water partition coefficient (Wildman–Crippen LogP) is 2.46. The van der Waals surface area contributed by atoms with Crippen LogP contribution in [0.25, 0.3) is 0 Å². The fraction of sp³-hybridized carbons (Fsp3) is 1.00. The van der Waals surface area contributed by atoms with E-state index in [-0.39, 0.29) is 0 Å². The van der Waals surface area contributed by atoms with E-state index < -0.39 is 0 Å². The number of fused-ring (bicyclic) bond motifs is 2. The van der Waals surface area contributed by atoms with E-state index in [9.17, 15) is 0 Å². The van der Waals surface area contributed by atoms with Gasteiger partial charge in [-0.1, -0.05) is 13.3 Å². The van der Waals surface area contributed by atoms with Crippen LogP contribution in [0.3, 0.4) is 0 Å². The van der Waals surface area contributed by atoms with Crippen LogP contribution in [0.2, 0.25) is 0 Å². The molecule has 3 rings (SSSR count). The SMILES string of the molecule is C1CO1.CC1CC2CCC1C2. The third-order valence-corrected chi connectivity index (χ3v) is 3.30. The van der Waals surface area contributed by atoms with Crippen LogP contribution in [0.5, 0.6) is 0 Å². The van der Waals surface area contributed by atoms with Gasteiger partial charge in [0.05, 0.1) is 13.2 Å². The molecule has 1 heteroatoms. The zero-order valence-corrected chi connectivity index (χ0v) is 7.38. The van der Waals surface area contributed by atoms with Crippen LogP contribution < -0.4 is 0 Å². The molecule has 0 aromatic rings. The molecule has 1 saturated heterocycles. The Morgan fingerprint density at radius 2 is 1.82 bits per heavy atom. The molecular formula is C10H18O. The molecule has 3 atom stereocenters. The highest BCUT2D eigenvalue weighted by molar-refractivity contribution is 4.87. The number of ether oxygens (including phenoxy) is 1. The largest absolute Gasteiger partial charge is 0.377 e. The second kappa shape index (κ2) is 3.14. The molecule has 1 aliphatic heterocycles. The maximum absolute atomic E-state index is 4.50. The van der Waals surface area contributed by atoms with Gasteiger partial charge in [0.15, 0.2) is 0 Å².